The maximum Gasteiger partial charge on any atom is 0.272 e. The Morgan fingerprint density at radius 2 is 1.93 bits per heavy atom. The highest BCUT2D eigenvalue weighted by atomic mass is 16.5. The fourth-order valence-electron chi connectivity index (χ4n) is 4.06. The number of ether oxygens (including phenoxy) is 2. The minimum atomic E-state index is -0.0786. The van der Waals surface area contributed by atoms with Gasteiger partial charge in [-0.15, -0.1) is 0 Å². The minimum absolute atomic E-state index is 0.0786. The van der Waals surface area contributed by atoms with Crippen molar-refractivity contribution in [2.24, 2.45) is 5.92 Å². The molecule has 142 valence electrons. The van der Waals surface area contributed by atoms with E-state index in [1.807, 2.05) is 24.3 Å². The first-order valence-corrected chi connectivity index (χ1v) is 9.46. The molecule has 1 aliphatic carbocycles. The van der Waals surface area contributed by atoms with Crippen molar-refractivity contribution < 1.29 is 9.47 Å². The number of H-pyrrole nitrogens is 1. The monoisotopic (exact) mass is 367 g/mol. The molecule has 1 fully saturated rings. The van der Waals surface area contributed by atoms with Crippen LogP contribution < -0.4 is 10.3 Å². The van der Waals surface area contributed by atoms with Gasteiger partial charge in [-0.3, -0.25) is 9.89 Å². The normalized spacial score (nSPS) is 14.9. The van der Waals surface area contributed by atoms with Crippen LogP contribution in [-0.4, -0.2) is 28.8 Å². The molecule has 0 bridgehead atoms. The standard InChI is InChI=1S/C21H25N3O3/c1-26-13-18-20(15-7-9-17(27-2)10-8-15)21-22-16(11-14-5-3-4-6-14)12-19(25)24(21)23-18/h7-10,12,14,23H,3-6,11,13H2,1-2H3. The van der Waals surface area contributed by atoms with Gasteiger partial charge in [0, 0.05) is 24.4 Å². The second kappa shape index (κ2) is 7.56. The lowest BCUT2D eigenvalue weighted by Gasteiger charge is -2.09. The second-order valence-electron chi connectivity index (χ2n) is 7.23. The van der Waals surface area contributed by atoms with Gasteiger partial charge in [0.2, 0.25) is 0 Å². The Bertz CT molecular complexity index is 982. The smallest absolute Gasteiger partial charge is 0.272 e. The van der Waals surface area contributed by atoms with Crippen molar-refractivity contribution in [2.45, 2.75) is 38.7 Å². The highest BCUT2D eigenvalue weighted by Crippen LogP contribution is 2.31. The van der Waals surface area contributed by atoms with E-state index in [1.54, 1.807) is 20.3 Å². The average Bonchev–Trinajstić information content (AvgIpc) is 3.30. The van der Waals surface area contributed by atoms with Crippen molar-refractivity contribution >= 4 is 5.65 Å². The summed E-state index contributed by atoms with van der Waals surface area (Å²) in [4.78, 5) is 17.6. The zero-order chi connectivity index (χ0) is 18.8. The maximum absolute atomic E-state index is 12.7. The lowest BCUT2D eigenvalue weighted by molar-refractivity contribution is 0.181. The summed E-state index contributed by atoms with van der Waals surface area (Å²) in [6, 6.07) is 9.45. The van der Waals surface area contributed by atoms with Gasteiger partial charge < -0.3 is 9.47 Å². The largest absolute Gasteiger partial charge is 0.497 e. The zero-order valence-electron chi connectivity index (χ0n) is 15.8. The van der Waals surface area contributed by atoms with Crippen LogP contribution in [0.1, 0.15) is 37.1 Å². The van der Waals surface area contributed by atoms with Gasteiger partial charge in [-0.1, -0.05) is 37.8 Å². The van der Waals surface area contributed by atoms with Crippen molar-refractivity contribution in [1.29, 1.82) is 0 Å². The molecule has 6 nitrogen and oxygen atoms in total. The molecule has 3 aromatic rings. The van der Waals surface area contributed by atoms with Crippen molar-refractivity contribution in [3.8, 4) is 16.9 Å². The zero-order valence-corrected chi connectivity index (χ0v) is 15.8. The van der Waals surface area contributed by atoms with E-state index in [1.165, 1.54) is 30.2 Å². The summed E-state index contributed by atoms with van der Waals surface area (Å²) in [6.07, 6.45) is 5.90. The SMILES string of the molecule is COCc1[nH]n2c(=O)cc(CC3CCCC3)nc2c1-c1ccc(OC)cc1. The Balaban J connectivity index is 1.83. The van der Waals surface area contributed by atoms with Crippen LogP contribution in [0, 0.1) is 5.92 Å². The van der Waals surface area contributed by atoms with Gasteiger partial charge in [0.15, 0.2) is 5.65 Å². The van der Waals surface area contributed by atoms with Gasteiger partial charge in [-0.25, -0.2) is 9.50 Å². The topological polar surface area (TPSA) is 68.6 Å². The fraction of sp³-hybridized carbons (Fsp3) is 0.429. The number of nitrogens with one attached hydrogen (secondary N) is 1. The molecule has 2 aromatic heterocycles. The van der Waals surface area contributed by atoms with Crippen LogP contribution in [0.2, 0.25) is 0 Å². The molecule has 0 spiro atoms. The van der Waals surface area contributed by atoms with E-state index in [9.17, 15) is 4.79 Å². The number of fused-ring (bicyclic) bond motifs is 1. The quantitative estimate of drug-likeness (QED) is 0.723. The van der Waals surface area contributed by atoms with E-state index >= 15 is 0 Å². The van der Waals surface area contributed by atoms with Crippen LogP contribution in [0.4, 0.5) is 0 Å². The van der Waals surface area contributed by atoms with E-state index in [-0.39, 0.29) is 5.56 Å². The second-order valence-corrected chi connectivity index (χ2v) is 7.23. The number of aromatic amines is 1. The van der Waals surface area contributed by atoms with Gasteiger partial charge in [0.05, 0.1) is 19.4 Å². The fourth-order valence-corrected chi connectivity index (χ4v) is 4.06. The van der Waals surface area contributed by atoms with Crippen molar-refractivity contribution in [3.05, 3.63) is 52.1 Å². The third-order valence-corrected chi connectivity index (χ3v) is 5.38. The molecule has 0 unspecified atom stereocenters. The predicted molar refractivity (Wildman–Crippen MR) is 104 cm³/mol. The van der Waals surface area contributed by atoms with Crippen LogP contribution in [0.15, 0.2) is 35.1 Å². The first kappa shape index (κ1) is 17.8. The van der Waals surface area contributed by atoms with Crippen LogP contribution in [0.25, 0.3) is 16.8 Å². The molecular formula is C21H25N3O3. The number of methoxy groups -OCH3 is 2. The van der Waals surface area contributed by atoms with E-state index < -0.39 is 0 Å². The lowest BCUT2D eigenvalue weighted by Crippen LogP contribution is -2.17. The molecule has 1 saturated carbocycles. The summed E-state index contributed by atoms with van der Waals surface area (Å²) in [6.45, 7) is 0.377. The summed E-state index contributed by atoms with van der Waals surface area (Å²) in [5, 5.41) is 3.17. The number of aromatic nitrogens is 3. The third-order valence-electron chi connectivity index (χ3n) is 5.38. The minimum Gasteiger partial charge on any atom is -0.497 e. The number of hydrogen-bond donors (Lipinski definition) is 1. The molecule has 6 heteroatoms. The lowest BCUT2D eigenvalue weighted by atomic mass is 10.0. The Hall–Kier alpha value is -2.60. The van der Waals surface area contributed by atoms with E-state index in [0.29, 0.717) is 18.2 Å². The number of rotatable bonds is 6. The summed E-state index contributed by atoms with van der Waals surface area (Å²) in [5.41, 5.74) is 4.18. The Kier molecular flexibility index (Phi) is 4.99. The van der Waals surface area contributed by atoms with Gasteiger partial charge in [0.1, 0.15) is 5.75 Å². The molecule has 1 N–H and O–H groups in total. The maximum atomic E-state index is 12.7. The molecule has 0 saturated heterocycles. The summed E-state index contributed by atoms with van der Waals surface area (Å²) in [7, 11) is 3.29. The van der Waals surface area contributed by atoms with E-state index in [4.69, 9.17) is 14.5 Å². The highest BCUT2D eigenvalue weighted by Gasteiger charge is 2.20. The molecule has 1 aliphatic rings. The third kappa shape index (κ3) is 3.49. The Morgan fingerprint density at radius 3 is 2.59 bits per heavy atom. The van der Waals surface area contributed by atoms with Gasteiger partial charge in [-0.05, 0) is 30.0 Å². The molecule has 0 radical (unpaired) electrons. The summed E-state index contributed by atoms with van der Waals surface area (Å²) < 4.78 is 12.1. The van der Waals surface area contributed by atoms with Gasteiger partial charge in [0.25, 0.3) is 5.56 Å². The number of benzene rings is 1. The molecule has 27 heavy (non-hydrogen) atoms. The molecule has 0 aliphatic heterocycles. The average molecular weight is 367 g/mol. The van der Waals surface area contributed by atoms with Gasteiger partial charge in [-0.2, -0.15) is 0 Å². The van der Waals surface area contributed by atoms with Crippen molar-refractivity contribution in [1.82, 2.24) is 14.6 Å². The van der Waals surface area contributed by atoms with Crippen molar-refractivity contribution in [3.63, 3.8) is 0 Å². The van der Waals surface area contributed by atoms with Gasteiger partial charge >= 0.3 is 0 Å². The van der Waals surface area contributed by atoms with Crippen LogP contribution >= 0.6 is 0 Å². The molecule has 4 rings (SSSR count). The summed E-state index contributed by atoms with van der Waals surface area (Å²) in [5.74, 6) is 1.43. The van der Waals surface area contributed by atoms with Crippen molar-refractivity contribution in [2.75, 3.05) is 14.2 Å². The summed E-state index contributed by atoms with van der Waals surface area (Å²) >= 11 is 0. The van der Waals surface area contributed by atoms with Crippen LogP contribution in [0.3, 0.4) is 0 Å². The predicted octanol–water partition coefficient (Wildman–Crippen LogP) is 3.58. The van der Waals surface area contributed by atoms with E-state index in [0.717, 1.165) is 34.7 Å². The molecule has 1 aromatic carbocycles. The molecule has 0 amide bonds. The van der Waals surface area contributed by atoms with Crippen LogP contribution in [-0.2, 0) is 17.8 Å². The highest BCUT2D eigenvalue weighted by molar-refractivity contribution is 5.80. The molecular weight excluding hydrogens is 342 g/mol. The molecule has 0 atom stereocenters. The molecule has 2 heterocycles. The first-order valence-electron chi connectivity index (χ1n) is 9.46. The van der Waals surface area contributed by atoms with E-state index in [2.05, 4.69) is 5.10 Å². The Labute approximate surface area is 158 Å². The number of nitrogens with zero attached hydrogens (tertiary/aromatic N) is 2. The van der Waals surface area contributed by atoms with Crippen LogP contribution in [0.5, 0.6) is 5.75 Å². The Morgan fingerprint density at radius 1 is 1.19 bits per heavy atom. The first-order chi connectivity index (χ1) is 13.2. The number of hydrogen-bond acceptors (Lipinski definition) is 4.